The maximum Gasteiger partial charge on any atom is 0.310 e. The minimum atomic E-state index is -0.137. The molecule has 2 nitrogen and oxygen atoms in total. The third kappa shape index (κ3) is 4.05. The average Bonchev–Trinajstić information content (AvgIpc) is 2.20. The van der Waals surface area contributed by atoms with E-state index in [-0.39, 0.29) is 5.97 Å². The standard InChI is InChI=1S/C14H20O2/c1-10(2)9-16-14(15)8-13-7-11(3)5-6-12(13)4/h5-7,10H,8-9H2,1-4H3. The van der Waals surface area contributed by atoms with Crippen molar-refractivity contribution >= 4 is 5.97 Å². The van der Waals surface area contributed by atoms with Crippen LogP contribution in [0.25, 0.3) is 0 Å². The third-order valence-electron chi connectivity index (χ3n) is 2.42. The average molecular weight is 220 g/mol. The number of carbonyl (C=O) groups excluding carboxylic acids is 1. The van der Waals surface area contributed by atoms with Gasteiger partial charge in [0, 0.05) is 0 Å². The summed E-state index contributed by atoms with van der Waals surface area (Å²) in [5.41, 5.74) is 3.39. The molecule has 0 N–H and O–H groups in total. The van der Waals surface area contributed by atoms with Crippen LogP contribution < -0.4 is 0 Å². The molecule has 0 fully saturated rings. The quantitative estimate of drug-likeness (QED) is 0.729. The van der Waals surface area contributed by atoms with Crippen LogP contribution in [0.5, 0.6) is 0 Å². The fraction of sp³-hybridized carbons (Fsp3) is 0.500. The van der Waals surface area contributed by atoms with E-state index in [9.17, 15) is 4.79 Å². The van der Waals surface area contributed by atoms with Crippen molar-refractivity contribution in [1.82, 2.24) is 0 Å². The molecular weight excluding hydrogens is 200 g/mol. The SMILES string of the molecule is Cc1ccc(C)c(CC(=O)OCC(C)C)c1. The molecule has 0 amide bonds. The molecule has 0 aliphatic rings. The summed E-state index contributed by atoms with van der Waals surface area (Å²) in [6.45, 7) is 8.62. The zero-order valence-corrected chi connectivity index (χ0v) is 10.5. The van der Waals surface area contributed by atoms with Crippen LogP contribution in [-0.4, -0.2) is 12.6 Å². The summed E-state index contributed by atoms with van der Waals surface area (Å²) in [6, 6.07) is 6.14. The molecule has 0 bridgehead atoms. The predicted octanol–water partition coefficient (Wildman–Crippen LogP) is 3.05. The summed E-state index contributed by atoms with van der Waals surface area (Å²) in [6.07, 6.45) is 0.375. The van der Waals surface area contributed by atoms with Crippen LogP contribution in [0.4, 0.5) is 0 Å². The zero-order chi connectivity index (χ0) is 12.1. The van der Waals surface area contributed by atoms with Gasteiger partial charge in [-0.2, -0.15) is 0 Å². The number of aryl methyl sites for hydroxylation is 2. The molecule has 0 unspecified atom stereocenters. The van der Waals surface area contributed by atoms with Crippen LogP contribution in [0.3, 0.4) is 0 Å². The highest BCUT2D eigenvalue weighted by molar-refractivity contribution is 5.73. The van der Waals surface area contributed by atoms with Crippen molar-refractivity contribution < 1.29 is 9.53 Å². The summed E-state index contributed by atoms with van der Waals surface area (Å²) in [5.74, 6) is 0.255. The molecule has 0 aliphatic carbocycles. The summed E-state index contributed by atoms with van der Waals surface area (Å²) >= 11 is 0. The van der Waals surface area contributed by atoms with Crippen molar-refractivity contribution in [2.24, 2.45) is 5.92 Å². The second kappa shape index (κ2) is 5.69. The Morgan fingerprint density at radius 3 is 2.62 bits per heavy atom. The molecule has 0 saturated carbocycles. The summed E-state index contributed by atoms with van der Waals surface area (Å²) in [5, 5.41) is 0. The van der Waals surface area contributed by atoms with E-state index in [4.69, 9.17) is 4.74 Å². The Bertz CT molecular complexity index is 367. The minimum absolute atomic E-state index is 0.137. The lowest BCUT2D eigenvalue weighted by atomic mass is 10.0. The van der Waals surface area contributed by atoms with Crippen molar-refractivity contribution in [3.05, 3.63) is 34.9 Å². The first-order valence-electron chi connectivity index (χ1n) is 5.71. The Morgan fingerprint density at radius 2 is 2.00 bits per heavy atom. The Labute approximate surface area is 97.6 Å². The third-order valence-corrected chi connectivity index (χ3v) is 2.42. The number of hydrogen-bond donors (Lipinski definition) is 0. The Balaban J connectivity index is 2.59. The highest BCUT2D eigenvalue weighted by Crippen LogP contribution is 2.12. The lowest BCUT2D eigenvalue weighted by Crippen LogP contribution is -2.12. The van der Waals surface area contributed by atoms with Crippen LogP contribution in [0.1, 0.15) is 30.5 Å². The van der Waals surface area contributed by atoms with E-state index in [1.54, 1.807) is 0 Å². The first-order chi connectivity index (χ1) is 7.49. The lowest BCUT2D eigenvalue weighted by Gasteiger charge is -2.09. The summed E-state index contributed by atoms with van der Waals surface area (Å²) < 4.78 is 5.16. The molecule has 2 heteroatoms. The van der Waals surface area contributed by atoms with Gasteiger partial charge in [-0.25, -0.2) is 0 Å². The van der Waals surface area contributed by atoms with Crippen molar-refractivity contribution in [2.75, 3.05) is 6.61 Å². The van der Waals surface area contributed by atoms with E-state index in [2.05, 4.69) is 6.07 Å². The fourth-order valence-corrected chi connectivity index (χ4v) is 1.46. The monoisotopic (exact) mass is 220 g/mol. The Kier molecular flexibility index (Phi) is 4.53. The maximum absolute atomic E-state index is 11.6. The molecular formula is C14H20O2. The van der Waals surface area contributed by atoms with Gasteiger partial charge in [-0.3, -0.25) is 4.79 Å². The van der Waals surface area contributed by atoms with Gasteiger partial charge in [-0.05, 0) is 30.9 Å². The highest BCUT2D eigenvalue weighted by atomic mass is 16.5. The van der Waals surface area contributed by atoms with Crippen LogP contribution in [0.2, 0.25) is 0 Å². The van der Waals surface area contributed by atoms with Gasteiger partial charge in [0.15, 0.2) is 0 Å². The Hall–Kier alpha value is -1.31. The highest BCUT2D eigenvalue weighted by Gasteiger charge is 2.08. The van der Waals surface area contributed by atoms with E-state index in [0.29, 0.717) is 18.9 Å². The van der Waals surface area contributed by atoms with Crippen molar-refractivity contribution in [1.29, 1.82) is 0 Å². The topological polar surface area (TPSA) is 26.3 Å². The molecule has 0 atom stereocenters. The van der Waals surface area contributed by atoms with Gasteiger partial charge in [0.05, 0.1) is 13.0 Å². The van der Waals surface area contributed by atoms with Crippen LogP contribution in [-0.2, 0) is 16.0 Å². The van der Waals surface area contributed by atoms with Gasteiger partial charge >= 0.3 is 5.97 Å². The van der Waals surface area contributed by atoms with Crippen LogP contribution >= 0.6 is 0 Å². The minimum Gasteiger partial charge on any atom is -0.465 e. The largest absolute Gasteiger partial charge is 0.465 e. The zero-order valence-electron chi connectivity index (χ0n) is 10.5. The predicted molar refractivity (Wildman–Crippen MR) is 65.4 cm³/mol. The Morgan fingerprint density at radius 1 is 1.31 bits per heavy atom. The van der Waals surface area contributed by atoms with Gasteiger partial charge in [0.25, 0.3) is 0 Å². The summed E-state index contributed by atoms with van der Waals surface area (Å²) in [7, 11) is 0. The molecule has 1 aromatic carbocycles. The lowest BCUT2D eigenvalue weighted by molar-refractivity contribution is -0.143. The first kappa shape index (κ1) is 12.8. The van der Waals surface area contributed by atoms with Gasteiger partial charge in [0.2, 0.25) is 0 Å². The van der Waals surface area contributed by atoms with Crippen molar-refractivity contribution in [3.8, 4) is 0 Å². The van der Waals surface area contributed by atoms with Crippen molar-refractivity contribution in [3.63, 3.8) is 0 Å². The van der Waals surface area contributed by atoms with Crippen LogP contribution in [0, 0.1) is 19.8 Å². The number of esters is 1. The molecule has 0 saturated heterocycles. The van der Waals surface area contributed by atoms with E-state index in [1.165, 1.54) is 5.56 Å². The first-order valence-corrected chi connectivity index (χ1v) is 5.71. The van der Waals surface area contributed by atoms with Gasteiger partial charge in [-0.15, -0.1) is 0 Å². The molecule has 88 valence electrons. The molecule has 0 aromatic heterocycles. The number of hydrogen-bond acceptors (Lipinski definition) is 2. The second-order valence-electron chi connectivity index (χ2n) is 4.68. The molecule has 0 spiro atoms. The van der Waals surface area contributed by atoms with Crippen molar-refractivity contribution in [2.45, 2.75) is 34.1 Å². The maximum atomic E-state index is 11.6. The summed E-state index contributed by atoms with van der Waals surface area (Å²) in [4.78, 5) is 11.6. The molecule has 16 heavy (non-hydrogen) atoms. The van der Waals surface area contributed by atoms with Gasteiger partial charge in [-0.1, -0.05) is 37.6 Å². The smallest absolute Gasteiger partial charge is 0.310 e. The van der Waals surface area contributed by atoms with E-state index in [0.717, 1.165) is 11.1 Å². The second-order valence-corrected chi connectivity index (χ2v) is 4.68. The normalized spacial score (nSPS) is 10.6. The number of ether oxygens (including phenoxy) is 1. The van der Waals surface area contributed by atoms with E-state index >= 15 is 0 Å². The molecule has 1 aromatic rings. The van der Waals surface area contributed by atoms with Gasteiger partial charge in [0.1, 0.15) is 0 Å². The van der Waals surface area contributed by atoms with E-state index < -0.39 is 0 Å². The molecule has 0 heterocycles. The molecule has 0 radical (unpaired) electrons. The number of benzene rings is 1. The number of rotatable bonds is 4. The fourth-order valence-electron chi connectivity index (χ4n) is 1.46. The van der Waals surface area contributed by atoms with E-state index in [1.807, 2.05) is 39.8 Å². The van der Waals surface area contributed by atoms with Crippen LogP contribution in [0.15, 0.2) is 18.2 Å². The number of carbonyl (C=O) groups is 1. The molecule has 0 aliphatic heterocycles. The van der Waals surface area contributed by atoms with Gasteiger partial charge < -0.3 is 4.74 Å². The molecule has 1 rings (SSSR count).